The highest BCUT2D eigenvalue weighted by Crippen LogP contribution is 2.18. The van der Waals surface area contributed by atoms with Gasteiger partial charge in [-0.15, -0.1) is 0 Å². The van der Waals surface area contributed by atoms with Gasteiger partial charge in [-0.2, -0.15) is 4.98 Å². The molecule has 0 aliphatic heterocycles. The van der Waals surface area contributed by atoms with Crippen molar-refractivity contribution in [2.45, 2.75) is 18.6 Å². The molecule has 1 aromatic heterocycles. The average molecular weight is 275 g/mol. The van der Waals surface area contributed by atoms with Crippen LogP contribution in [0.1, 0.15) is 6.92 Å². The second kappa shape index (κ2) is 5.36. The fraction of sp³-hybridized carbons (Fsp3) is 0.333. The number of aryl methyl sites for hydroxylation is 1. The quantitative estimate of drug-likeness (QED) is 0.624. The van der Waals surface area contributed by atoms with Crippen LogP contribution in [0, 0.1) is 0 Å². The first-order chi connectivity index (χ1) is 6.63. The van der Waals surface area contributed by atoms with E-state index in [4.69, 9.17) is 0 Å². The second-order valence-electron chi connectivity index (χ2n) is 2.64. The molecule has 0 aliphatic carbocycles. The minimum absolute atomic E-state index is 0.197. The van der Waals surface area contributed by atoms with Gasteiger partial charge in [0.25, 0.3) is 5.56 Å². The van der Waals surface area contributed by atoms with Crippen molar-refractivity contribution in [2.75, 3.05) is 5.75 Å². The van der Waals surface area contributed by atoms with Gasteiger partial charge in [-0.25, -0.2) is 0 Å². The van der Waals surface area contributed by atoms with Crippen LogP contribution in [0.4, 0.5) is 0 Å². The van der Waals surface area contributed by atoms with Crippen LogP contribution in [0.3, 0.4) is 0 Å². The third-order valence-electron chi connectivity index (χ3n) is 1.55. The van der Waals surface area contributed by atoms with Crippen LogP contribution in [-0.2, 0) is 6.54 Å². The van der Waals surface area contributed by atoms with Gasteiger partial charge in [-0.3, -0.25) is 4.79 Å². The number of rotatable bonds is 4. The van der Waals surface area contributed by atoms with Crippen LogP contribution >= 0.6 is 27.7 Å². The normalized spacial score (nSPS) is 10.1. The lowest BCUT2D eigenvalue weighted by molar-refractivity contribution is 0.640. The molecular weight excluding hydrogens is 264 g/mol. The molecule has 76 valence electrons. The molecule has 0 amide bonds. The molecule has 0 spiro atoms. The number of aromatic nitrogens is 2. The first-order valence-corrected chi connectivity index (χ1v) is 5.95. The van der Waals surface area contributed by atoms with Crippen molar-refractivity contribution < 1.29 is 0 Å². The zero-order valence-corrected chi connectivity index (χ0v) is 10.3. The van der Waals surface area contributed by atoms with Gasteiger partial charge in [-0.1, -0.05) is 34.3 Å². The Labute approximate surface area is 95.4 Å². The van der Waals surface area contributed by atoms with Crippen molar-refractivity contribution in [1.82, 2.24) is 9.55 Å². The molecule has 0 aliphatic rings. The predicted octanol–water partition coefficient (Wildman–Crippen LogP) is 2.26. The summed E-state index contributed by atoms with van der Waals surface area (Å²) in [7, 11) is 0. The van der Waals surface area contributed by atoms with E-state index in [1.165, 1.54) is 17.8 Å². The van der Waals surface area contributed by atoms with E-state index >= 15 is 0 Å². The molecule has 0 atom stereocenters. The number of hydrogen-bond acceptors (Lipinski definition) is 3. The minimum Gasteiger partial charge on any atom is -0.328 e. The van der Waals surface area contributed by atoms with Crippen molar-refractivity contribution in [3.8, 4) is 0 Å². The summed E-state index contributed by atoms with van der Waals surface area (Å²) in [5.41, 5.74) is -0.197. The lowest BCUT2D eigenvalue weighted by atomic mass is 10.6. The number of halogens is 1. The van der Waals surface area contributed by atoms with Crippen LogP contribution in [0.2, 0.25) is 0 Å². The standard InChI is InChI=1S/C9H11BrN2OS/c1-3-12-5-4-8(13)11-9(12)14-6-7(2)10/h4-5H,2-3,6H2,1H3. The lowest BCUT2D eigenvalue weighted by Crippen LogP contribution is -2.12. The third kappa shape index (κ3) is 3.31. The molecule has 14 heavy (non-hydrogen) atoms. The van der Waals surface area contributed by atoms with Crippen molar-refractivity contribution in [2.24, 2.45) is 0 Å². The minimum atomic E-state index is -0.197. The third-order valence-corrected chi connectivity index (χ3v) is 3.28. The summed E-state index contributed by atoms with van der Waals surface area (Å²) in [6.45, 7) is 6.55. The van der Waals surface area contributed by atoms with E-state index < -0.39 is 0 Å². The lowest BCUT2D eigenvalue weighted by Gasteiger charge is -2.07. The Balaban J connectivity index is 2.87. The summed E-state index contributed by atoms with van der Waals surface area (Å²) in [6, 6.07) is 1.47. The van der Waals surface area contributed by atoms with Crippen molar-refractivity contribution in [3.63, 3.8) is 0 Å². The Kier molecular flexibility index (Phi) is 4.41. The van der Waals surface area contributed by atoms with Gasteiger partial charge in [0, 0.05) is 24.6 Å². The summed E-state index contributed by atoms with van der Waals surface area (Å²) in [5.74, 6) is 0.719. The predicted molar refractivity (Wildman–Crippen MR) is 63.0 cm³/mol. The summed E-state index contributed by atoms with van der Waals surface area (Å²) >= 11 is 4.77. The van der Waals surface area contributed by atoms with Crippen LogP contribution in [0.5, 0.6) is 0 Å². The van der Waals surface area contributed by atoms with E-state index in [2.05, 4.69) is 27.5 Å². The molecule has 0 aromatic carbocycles. The highest BCUT2D eigenvalue weighted by molar-refractivity contribution is 9.11. The molecule has 0 radical (unpaired) electrons. The van der Waals surface area contributed by atoms with E-state index in [1.54, 1.807) is 6.20 Å². The first-order valence-electron chi connectivity index (χ1n) is 4.17. The smallest absolute Gasteiger partial charge is 0.273 e. The highest BCUT2D eigenvalue weighted by Gasteiger charge is 2.02. The van der Waals surface area contributed by atoms with E-state index in [1.807, 2.05) is 11.5 Å². The average Bonchev–Trinajstić information content (AvgIpc) is 2.15. The Morgan fingerprint density at radius 2 is 2.50 bits per heavy atom. The van der Waals surface area contributed by atoms with Crippen LogP contribution in [-0.4, -0.2) is 15.3 Å². The largest absolute Gasteiger partial charge is 0.328 e. The monoisotopic (exact) mass is 274 g/mol. The van der Waals surface area contributed by atoms with Gasteiger partial charge < -0.3 is 4.57 Å². The van der Waals surface area contributed by atoms with Crippen molar-refractivity contribution in [1.29, 1.82) is 0 Å². The van der Waals surface area contributed by atoms with E-state index in [9.17, 15) is 4.79 Å². The highest BCUT2D eigenvalue weighted by atomic mass is 79.9. The Morgan fingerprint density at radius 3 is 3.07 bits per heavy atom. The van der Waals surface area contributed by atoms with E-state index in [0.717, 1.165) is 21.9 Å². The fourth-order valence-electron chi connectivity index (χ4n) is 0.912. The van der Waals surface area contributed by atoms with Gasteiger partial charge in [0.05, 0.1) is 0 Å². The molecule has 0 saturated heterocycles. The first kappa shape index (κ1) is 11.5. The molecule has 1 heterocycles. The summed E-state index contributed by atoms with van der Waals surface area (Å²) in [6.07, 6.45) is 1.76. The SMILES string of the molecule is C=C(Br)CSc1nc(=O)ccn1CC. The Hall–Kier alpha value is -0.550. The molecule has 5 heteroatoms. The van der Waals surface area contributed by atoms with Gasteiger partial charge in [0.2, 0.25) is 0 Å². The van der Waals surface area contributed by atoms with Crippen molar-refractivity contribution >= 4 is 27.7 Å². The molecule has 0 N–H and O–H groups in total. The van der Waals surface area contributed by atoms with E-state index in [-0.39, 0.29) is 5.56 Å². The van der Waals surface area contributed by atoms with Crippen LogP contribution < -0.4 is 5.56 Å². The molecular formula is C9H11BrN2OS. The van der Waals surface area contributed by atoms with Gasteiger partial charge in [-0.05, 0) is 11.4 Å². The fourth-order valence-corrected chi connectivity index (χ4v) is 2.05. The zero-order valence-electron chi connectivity index (χ0n) is 7.86. The van der Waals surface area contributed by atoms with Gasteiger partial charge >= 0.3 is 0 Å². The Morgan fingerprint density at radius 1 is 1.79 bits per heavy atom. The molecule has 3 nitrogen and oxygen atoms in total. The van der Waals surface area contributed by atoms with Crippen molar-refractivity contribution in [3.05, 3.63) is 33.7 Å². The van der Waals surface area contributed by atoms with Crippen LogP contribution in [0.15, 0.2) is 33.3 Å². The number of hydrogen-bond donors (Lipinski definition) is 0. The summed E-state index contributed by atoms with van der Waals surface area (Å²) in [5, 5.41) is 0.737. The summed E-state index contributed by atoms with van der Waals surface area (Å²) in [4.78, 5) is 15.0. The molecule has 1 rings (SSSR count). The van der Waals surface area contributed by atoms with E-state index in [0.29, 0.717) is 0 Å². The summed E-state index contributed by atoms with van der Waals surface area (Å²) < 4.78 is 2.82. The molecule has 0 fully saturated rings. The topological polar surface area (TPSA) is 34.9 Å². The number of thioether (sulfide) groups is 1. The molecule has 0 saturated carbocycles. The zero-order chi connectivity index (χ0) is 10.6. The van der Waals surface area contributed by atoms with Gasteiger partial charge in [0.1, 0.15) is 0 Å². The molecule has 0 unspecified atom stereocenters. The maximum absolute atomic E-state index is 11.0. The van der Waals surface area contributed by atoms with Gasteiger partial charge in [0.15, 0.2) is 5.16 Å². The maximum atomic E-state index is 11.0. The number of nitrogens with zero attached hydrogens (tertiary/aromatic N) is 2. The molecule has 0 bridgehead atoms. The second-order valence-corrected chi connectivity index (χ2v) is 4.70. The molecule has 1 aromatic rings. The van der Waals surface area contributed by atoms with Crippen LogP contribution in [0.25, 0.3) is 0 Å². The Bertz CT molecular complexity index is 389. The maximum Gasteiger partial charge on any atom is 0.273 e.